The van der Waals surface area contributed by atoms with Crippen LogP contribution in [-0.2, 0) is 6.54 Å². The van der Waals surface area contributed by atoms with E-state index in [1.54, 1.807) is 56.3 Å². The van der Waals surface area contributed by atoms with E-state index in [4.69, 9.17) is 0 Å². The lowest BCUT2D eigenvalue weighted by Gasteiger charge is -2.09. The summed E-state index contributed by atoms with van der Waals surface area (Å²) < 4.78 is 15.0. The van der Waals surface area contributed by atoms with Crippen LogP contribution in [0, 0.1) is 5.82 Å². The Bertz CT molecular complexity index is 1070. The third-order valence-electron chi connectivity index (χ3n) is 3.97. The van der Waals surface area contributed by atoms with Crippen molar-refractivity contribution in [2.45, 2.75) is 20.4 Å². The van der Waals surface area contributed by atoms with E-state index in [9.17, 15) is 14.0 Å². The van der Waals surface area contributed by atoms with E-state index in [1.165, 1.54) is 10.7 Å². The van der Waals surface area contributed by atoms with E-state index in [-0.39, 0.29) is 11.3 Å². The molecule has 0 bridgehead atoms. The third kappa shape index (κ3) is 3.23. The Morgan fingerprint density at radius 1 is 1.15 bits per heavy atom. The number of carbonyl (C=O) groups excluding carboxylic acids is 1. The number of halogens is 1. The Balaban J connectivity index is 1.98. The minimum absolute atomic E-state index is 0.0899. The molecule has 132 valence electrons. The van der Waals surface area contributed by atoms with Crippen LogP contribution in [-0.4, -0.2) is 21.4 Å². The number of fused-ring (bicyclic) bond motifs is 1. The molecule has 0 aliphatic rings. The first-order valence-corrected chi connectivity index (χ1v) is 8.12. The Kier molecular flexibility index (Phi) is 4.88. The van der Waals surface area contributed by atoms with Crippen molar-refractivity contribution in [2.75, 3.05) is 0 Å². The highest BCUT2D eigenvalue weighted by Crippen LogP contribution is 2.13. The zero-order valence-electron chi connectivity index (χ0n) is 14.4. The van der Waals surface area contributed by atoms with Crippen molar-refractivity contribution < 1.29 is 9.18 Å². The van der Waals surface area contributed by atoms with Crippen LogP contribution < -0.4 is 11.0 Å². The molecule has 0 spiro atoms. The van der Waals surface area contributed by atoms with E-state index >= 15 is 0 Å². The van der Waals surface area contributed by atoms with Gasteiger partial charge in [-0.1, -0.05) is 36.4 Å². The lowest BCUT2D eigenvalue weighted by Crippen LogP contribution is -2.29. The van der Waals surface area contributed by atoms with Crippen LogP contribution in [0.5, 0.6) is 0 Å². The van der Waals surface area contributed by atoms with Crippen molar-refractivity contribution in [2.24, 2.45) is 5.10 Å². The maximum Gasteiger partial charge on any atom is 0.292 e. The largest absolute Gasteiger partial charge is 0.292 e. The van der Waals surface area contributed by atoms with Gasteiger partial charge in [0.1, 0.15) is 5.82 Å². The number of hydrogen-bond acceptors (Lipinski definition) is 4. The van der Waals surface area contributed by atoms with Crippen molar-refractivity contribution in [1.82, 2.24) is 15.2 Å². The zero-order valence-corrected chi connectivity index (χ0v) is 14.4. The highest BCUT2D eigenvalue weighted by atomic mass is 19.1. The highest BCUT2D eigenvalue weighted by molar-refractivity contribution is 6.06. The predicted molar refractivity (Wildman–Crippen MR) is 97.8 cm³/mol. The quantitative estimate of drug-likeness (QED) is 0.579. The van der Waals surface area contributed by atoms with Crippen molar-refractivity contribution in [3.8, 4) is 0 Å². The van der Waals surface area contributed by atoms with Crippen LogP contribution >= 0.6 is 0 Å². The minimum atomic E-state index is -0.570. The van der Waals surface area contributed by atoms with Crippen molar-refractivity contribution in [1.29, 1.82) is 0 Å². The van der Waals surface area contributed by atoms with Gasteiger partial charge in [0.15, 0.2) is 5.69 Å². The summed E-state index contributed by atoms with van der Waals surface area (Å²) in [4.78, 5) is 24.9. The van der Waals surface area contributed by atoms with E-state index in [2.05, 4.69) is 15.6 Å². The number of nitrogens with zero attached hydrogens (tertiary/aromatic N) is 3. The Morgan fingerprint density at radius 3 is 2.50 bits per heavy atom. The van der Waals surface area contributed by atoms with Crippen LogP contribution in [0.2, 0.25) is 0 Å². The molecule has 6 nitrogen and oxygen atoms in total. The summed E-state index contributed by atoms with van der Waals surface area (Å²) in [6.07, 6.45) is 0. The molecule has 1 aromatic heterocycles. The summed E-state index contributed by atoms with van der Waals surface area (Å²) in [6.45, 7) is 3.70. The number of rotatable bonds is 4. The zero-order chi connectivity index (χ0) is 18.7. The summed E-state index contributed by atoms with van der Waals surface area (Å²) in [5, 5.41) is 8.95. The number of aryl methyl sites for hydroxylation is 1. The molecule has 0 saturated heterocycles. The topological polar surface area (TPSA) is 76.3 Å². The Labute approximate surface area is 149 Å². The maximum absolute atomic E-state index is 13.8. The second kappa shape index (κ2) is 7.26. The molecule has 0 saturated carbocycles. The van der Waals surface area contributed by atoms with Gasteiger partial charge in [0, 0.05) is 17.5 Å². The minimum Gasteiger partial charge on any atom is -0.267 e. The molecule has 3 rings (SSSR count). The second-order valence-corrected chi connectivity index (χ2v) is 5.63. The first-order valence-electron chi connectivity index (χ1n) is 8.12. The van der Waals surface area contributed by atoms with E-state index in [1.807, 2.05) is 0 Å². The van der Waals surface area contributed by atoms with Gasteiger partial charge in [-0.05, 0) is 26.0 Å². The predicted octanol–water partition coefficient (Wildman–Crippen LogP) is 2.71. The number of hydrogen-bond donors (Lipinski definition) is 1. The van der Waals surface area contributed by atoms with Gasteiger partial charge in [-0.2, -0.15) is 10.2 Å². The van der Waals surface area contributed by atoms with Gasteiger partial charge >= 0.3 is 0 Å². The van der Waals surface area contributed by atoms with Crippen molar-refractivity contribution in [3.63, 3.8) is 0 Å². The molecular weight excluding hydrogens is 335 g/mol. The van der Waals surface area contributed by atoms with Crippen LogP contribution in [0.15, 0.2) is 58.4 Å². The monoisotopic (exact) mass is 352 g/mol. The molecule has 0 fully saturated rings. The average molecular weight is 352 g/mol. The van der Waals surface area contributed by atoms with Crippen LogP contribution in [0.3, 0.4) is 0 Å². The van der Waals surface area contributed by atoms with Gasteiger partial charge in [0.2, 0.25) is 0 Å². The number of aromatic nitrogens is 2. The summed E-state index contributed by atoms with van der Waals surface area (Å²) in [7, 11) is 0. The standard InChI is InChI=1S/C19H17FN4O2/c1-3-24-19(26)15-10-5-4-9-14(15)17(23-24)18(25)22-21-12(2)13-8-6-7-11-16(13)20/h4-11H,3H2,1-2H3,(H,22,25)/b21-12+. The molecule has 26 heavy (non-hydrogen) atoms. The normalized spacial score (nSPS) is 11.6. The van der Waals surface area contributed by atoms with Crippen molar-refractivity contribution >= 4 is 22.4 Å². The highest BCUT2D eigenvalue weighted by Gasteiger charge is 2.16. The van der Waals surface area contributed by atoms with Gasteiger partial charge in [-0.15, -0.1) is 0 Å². The van der Waals surface area contributed by atoms with Gasteiger partial charge in [-0.3, -0.25) is 9.59 Å². The summed E-state index contributed by atoms with van der Waals surface area (Å²) >= 11 is 0. The van der Waals surface area contributed by atoms with Gasteiger partial charge in [0.25, 0.3) is 11.5 Å². The number of benzene rings is 2. The van der Waals surface area contributed by atoms with Crippen LogP contribution in [0.4, 0.5) is 4.39 Å². The fraction of sp³-hybridized carbons (Fsp3) is 0.158. The molecule has 7 heteroatoms. The summed E-state index contributed by atoms with van der Waals surface area (Å²) in [6, 6.07) is 12.9. The Hall–Kier alpha value is -3.35. The fourth-order valence-electron chi connectivity index (χ4n) is 2.62. The molecular formula is C19H17FN4O2. The number of carbonyl (C=O) groups is 1. The first kappa shape index (κ1) is 17.5. The molecule has 0 aliphatic heterocycles. The molecule has 0 unspecified atom stereocenters. The number of nitrogens with one attached hydrogen (secondary N) is 1. The van der Waals surface area contributed by atoms with E-state index < -0.39 is 11.7 Å². The maximum atomic E-state index is 13.8. The summed E-state index contributed by atoms with van der Waals surface area (Å²) in [5.41, 5.74) is 2.84. The van der Waals surface area contributed by atoms with Crippen LogP contribution in [0.1, 0.15) is 29.9 Å². The second-order valence-electron chi connectivity index (χ2n) is 5.63. The molecule has 1 N–H and O–H groups in total. The first-order chi connectivity index (χ1) is 12.5. The molecule has 0 atom stereocenters. The van der Waals surface area contributed by atoms with E-state index in [0.29, 0.717) is 28.6 Å². The molecule has 0 aliphatic carbocycles. The van der Waals surface area contributed by atoms with Gasteiger partial charge in [-0.25, -0.2) is 14.5 Å². The van der Waals surface area contributed by atoms with Crippen LogP contribution in [0.25, 0.3) is 10.8 Å². The Morgan fingerprint density at radius 2 is 1.81 bits per heavy atom. The van der Waals surface area contributed by atoms with E-state index in [0.717, 1.165) is 0 Å². The number of hydrazone groups is 1. The van der Waals surface area contributed by atoms with Gasteiger partial charge in [0.05, 0.1) is 11.1 Å². The summed E-state index contributed by atoms with van der Waals surface area (Å²) in [5.74, 6) is -0.995. The lowest BCUT2D eigenvalue weighted by atomic mass is 10.1. The number of amides is 1. The molecule has 2 aromatic carbocycles. The van der Waals surface area contributed by atoms with Crippen molar-refractivity contribution in [3.05, 3.63) is 76.0 Å². The molecule has 1 heterocycles. The molecule has 3 aromatic rings. The SMILES string of the molecule is CCn1nc(C(=O)N/N=C(\C)c2ccccc2F)c2ccccc2c1=O. The van der Waals surface area contributed by atoms with Gasteiger partial charge < -0.3 is 0 Å². The molecule has 0 radical (unpaired) electrons. The smallest absolute Gasteiger partial charge is 0.267 e. The molecule has 1 amide bonds. The fourth-order valence-corrected chi connectivity index (χ4v) is 2.62. The third-order valence-corrected chi connectivity index (χ3v) is 3.97. The average Bonchev–Trinajstić information content (AvgIpc) is 2.66. The lowest BCUT2D eigenvalue weighted by molar-refractivity contribution is 0.0949.